The number of benzene rings is 6. The van der Waals surface area contributed by atoms with Crippen LogP contribution in [0.15, 0.2) is 101 Å². The minimum absolute atomic E-state index is 0.0185. The van der Waals surface area contributed by atoms with Gasteiger partial charge in [-0.3, -0.25) is 0 Å². The number of nitrogens with zero attached hydrogens (tertiary/aromatic N) is 2. The lowest BCUT2D eigenvalue weighted by molar-refractivity contribution is 0.332. The zero-order valence-electron chi connectivity index (χ0n) is 45.2. The third-order valence-corrected chi connectivity index (χ3v) is 18.7. The molecule has 3 aliphatic carbocycles. The van der Waals surface area contributed by atoms with Crippen LogP contribution in [0.3, 0.4) is 0 Å². The van der Waals surface area contributed by atoms with Gasteiger partial charge in [-0.2, -0.15) is 0 Å². The Morgan fingerprint density at radius 3 is 1.49 bits per heavy atom. The van der Waals surface area contributed by atoms with Crippen molar-refractivity contribution in [3.8, 4) is 22.6 Å². The first-order chi connectivity index (χ1) is 33.4. The van der Waals surface area contributed by atoms with Crippen molar-refractivity contribution in [1.82, 2.24) is 0 Å². The molecule has 2 aliphatic heterocycles. The first-order valence-corrected chi connectivity index (χ1v) is 26.5. The molecule has 364 valence electrons. The largest absolute Gasteiger partial charge is 0.497 e. The van der Waals surface area contributed by atoms with E-state index in [0.717, 1.165) is 77.3 Å². The molecular formula is C65H73BN2O3. The van der Waals surface area contributed by atoms with Crippen molar-refractivity contribution in [1.29, 1.82) is 0 Å². The predicted molar refractivity (Wildman–Crippen MR) is 299 cm³/mol. The van der Waals surface area contributed by atoms with Crippen molar-refractivity contribution in [3.63, 3.8) is 0 Å². The number of hydrogen-bond acceptors (Lipinski definition) is 5. The van der Waals surface area contributed by atoms with E-state index in [-0.39, 0.29) is 39.2 Å². The Kier molecular flexibility index (Phi) is 9.82. The lowest BCUT2D eigenvalue weighted by Crippen LogP contribution is -2.61. The van der Waals surface area contributed by atoms with Crippen molar-refractivity contribution in [2.75, 3.05) is 24.0 Å². The molecule has 0 radical (unpaired) electrons. The van der Waals surface area contributed by atoms with Crippen molar-refractivity contribution in [2.45, 2.75) is 161 Å². The molecule has 0 saturated carbocycles. The fraction of sp³-hybridized carbons (Fsp3) is 0.415. The minimum atomic E-state index is -0.133. The Morgan fingerprint density at radius 1 is 0.451 bits per heavy atom. The van der Waals surface area contributed by atoms with Gasteiger partial charge in [0, 0.05) is 39.9 Å². The molecule has 0 bridgehead atoms. The summed E-state index contributed by atoms with van der Waals surface area (Å²) >= 11 is 0. The first kappa shape index (κ1) is 46.2. The highest BCUT2D eigenvalue weighted by Gasteiger charge is 2.50. The number of anilines is 6. The first-order valence-electron chi connectivity index (χ1n) is 26.5. The van der Waals surface area contributed by atoms with Crippen LogP contribution in [0.4, 0.5) is 34.1 Å². The molecule has 0 amide bonds. The molecule has 0 atom stereocenters. The molecule has 0 unspecified atom stereocenters. The molecule has 0 fully saturated rings. The SMILES string of the molecule is COc1cc(OC)cc(-c2ccc(N3c4cc(C)cc5c4B(c4cc6c(cc4N5c4ccc5c(c4)C(C)(C)CCC5(C)C)C(C)(C)CCC6(C)C)c4oc5cc6c(cc5c43)C(C)(C)CCC6(C)C)cc2)c1. The number of ether oxygens (including phenoxy) is 2. The van der Waals surface area contributed by atoms with Crippen molar-refractivity contribution < 1.29 is 13.9 Å². The van der Waals surface area contributed by atoms with E-state index < -0.39 is 0 Å². The Morgan fingerprint density at radius 2 is 0.930 bits per heavy atom. The summed E-state index contributed by atoms with van der Waals surface area (Å²) in [6, 6.07) is 37.8. The van der Waals surface area contributed by atoms with Crippen LogP contribution in [0.1, 0.15) is 161 Å². The molecule has 12 rings (SSSR count). The fourth-order valence-corrected chi connectivity index (χ4v) is 13.8. The number of methoxy groups -OCH3 is 2. The zero-order valence-corrected chi connectivity index (χ0v) is 45.2. The van der Waals surface area contributed by atoms with Crippen molar-refractivity contribution >= 4 is 68.4 Å². The van der Waals surface area contributed by atoms with Crippen LogP contribution in [0.2, 0.25) is 0 Å². The number of aryl methyl sites for hydroxylation is 1. The Hall–Kier alpha value is -5.88. The van der Waals surface area contributed by atoms with Crippen molar-refractivity contribution in [3.05, 3.63) is 136 Å². The quantitative estimate of drug-likeness (QED) is 0.161. The van der Waals surface area contributed by atoms with Gasteiger partial charge in [0.2, 0.25) is 0 Å². The highest BCUT2D eigenvalue weighted by Crippen LogP contribution is 2.55. The summed E-state index contributed by atoms with van der Waals surface area (Å²) in [5.41, 5.74) is 24.2. The third kappa shape index (κ3) is 6.85. The third-order valence-electron chi connectivity index (χ3n) is 18.7. The van der Waals surface area contributed by atoms with Gasteiger partial charge in [0.1, 0.15) is 17.1 Å². The molecule has 5 nitrogen and oxygen atoms in total. The topological polar surface area (TPSA) is 38.1 Å². The van der Waals surface area contributed by atoms with Crippen LogP contribution in [0, 0.1) is 6.92 Å². The Balaban J connectivity index is 1.17. The van der Waals surface area contributed by atoms with Gasteiger partial charge in [-0.15, -0.1) is 0 Å². The van der Waals surface area contributed by atoms with E-state index in [1.807, 2.05) is 6.07 Å². The van der Waals surface area contributed by atoms with E-state index >= 15 is 0 Å². The van der Waals surface area contributed by atoms with Crippen LogP contribution < -0.4 is 35.9 Å². The molecule has 7 aromatic rings. The van der Waals surface area contributed by atoms with E-state index in [2.05, 4.69) is 191 Å². The van der Waals surface area contributed by atoms with Gasteiger partial charge in [-0.05, 0) is 206 Å². The average molecular weight is 941 g/mol. The Labute approximate surface area is 424 Å². The van der Waals surface area contributed by atoms with Gasteiger partial charge < -0.3 is 23.7 Å². The van der Waals surface area contributed by atoms with Crippen LogP contribution >= 0.6 is 0 Å². The summed E-state index contributed by atoms with van der Waals surface area (Å²) in [7, 11) is 3.42. The molecular weight excluding hydrogens is 868 g/mol. The summed E-state index contributed by atoms with van der Waals surface area (Å²) in [4.78, 5) is 5.21. The summed E-state index contributed by atoms with van der Waals surface area (Å²) in [6.07, 6.45) is 6.94. The fourth-order valence-electron chi connectivity index (χ4n) is 13.8. The molecule has 5 aliphatic rings. The smallest absolute Gasteiger partial charge is 0.297 e. The van der Waals surface area contributed by atoms with Gasteiger partial charge in [0.25, 0.3) is 6.71 Å². The monoisotopic (exact) mass is 941 g/mol. The molecule has 3 heterocycles. The average Bonchev–Trinajstić information content (AvgIpc) is 3.70. The lowest BCUT2D eigenvalue weighted by atomic mass is 9.35. The lowest BCUT2D eigenvalue weighted by Gasteiger charge is -2.47. The number of fused-ring (bicyclic) bond motifs is 9. The maximum atomic E-state index is 7.66. The van der Waals surface area contributed by atoms with Crippen LogP contribution in [0.5, 0.6) is 11.5 Å². The van der Waals surface area contributed by atoms with Gasteiger partial charge in [-0.1, -0.05) is 107 Å². The number of rotatable bonds is 5. The second-order valence-corrected chi connectivity index (χ2v) is 26.2. The minimum Gasteiger partial charge on any atom is -0.497 e. The maximum Gasteiger partial charge on any atom is 0.297 e. The van der Waals surface area contributed by atoms with E-state index in [4.69, 9.17) is 13.9 Å². The van der Waals surface area contributed by atoms with Crippen LogP contribution in [-0.4, -0.2) is 20.9 Å². The molecule has 6 aromatic carbocycles. The van der Waals surface area contributed by atoms with Gasteiger partial charge >= 0.3 is 0 Å². The van der Waals surface area contributed by atoms with Gasteiger partial charge in [0.15, 0.2) is 0 Å². The number of furan rings is 1. The van der Waals surface area contributed by atoms with Gasteiger partial charge in [-0.25, -0.2) is 0 Å². The molecule has 71 heavy (non-hydrogen) atoms. The second-order valence-electron chi connectivity index (χ2n) is 26.2. The van der Waals surface area contributed by atoms with Gasteiger partial charge in [0.05, 0.1) is 25.6 Å². The highest BCUT2D eigenvalue weighted by atomic mass is 16.5. The zero-order chi connectivity index (χ0) is 50.1. The van der Waals surface area contributed by atoms with E-state index in [1.165, 1.54) is 84.4 Å². The summed E-state index contributed by atoms with van der Waals surface area (Å²) in [5, 5.41) is 1.18. The van der Waals surface area contributed by atoms with Crippen LogP contribution in [0.25, 0.3) is 22.1 Å². The second kappa shape index (κ2) is 15.1. The summed E-state index contributed by atoms with van der Waals surface area (Å²) < 4.78 is 19.1. The number of hydrogen-bond donors (Lipinski definition) is 0. The summed E-state index contributed by atoms with van der Waals surface area (Å²) in [5.74, 6) is 1.54. The van der Waals surface area contributed by atoms with Crippen LogP contribution in [-0.2, 0) is 32.5 Å². The highest BCUT2D eigenvalue weighted by molar-refractivity contribution is 7.00. The Bertz CT molecular complexity index is 3360. The van der Waals surface area contributed by atoms with E-state index in [0.29, 0.717) is 0 Å². The molecule has 0 N–H and O–H groups in total. The standard InChI is InChI=1S/C65H73BN2O3/c1-38-28-54-57-55(29-38)68(41-18-16-39(17-19-41)40-30-43(69-14)33-44(31-40)70-15)58-45-34-48-51(65(12,13)27-24-62(48,6)7)37-56(45)71-59(58)66(57)52-35-49-50(64(10,11)26-25-63(49,8)9)36-53(52)67(54)42-20-21-46-47(32-42)61(4,5)23-22-60(46,2)3/h16-21,28-37H,22-27H2,1-15H3. The molecule has 0 spiro atoms. The van der Waals surface area contributed by atoms with E-state index in [9.17, 15) is 0 Å². The molecule has 0 saturated heterocycles. The normalized spacial score (nSPS) is 20.0. The van der Waals surface area contributed by atoms with Crippen molar-refractivity contribution in [2.24, 2.45) is 0 Å². The summed E-state index contributed by atoms with van der Waals surface area (Å²) in [6.45, 7) is 31.6. The molecule has 1 aromatic heterocycles. The predicted octanol–water partition coefficient (Wildman–Crippen LogP) is 15.6. The van der Waals surface area contributed by atoms with E-state index in [1.54, 1.807) is 14.2 Å². The molecule has 6 heteroatoms. The maximum absolute atomic E-state index is 7.66.